The number of hydrogen-bond donors (Lipinski definition) is 0. The van der Waals surface area contributed by atoms with E-state index >= 15 is 0 Å². The Morgan fingerprint density at radius 2 is 2.21 bits per heavy atom. The van der Waals surface area contributed by atoms with Crippen LogP contribution in [-0.2, 0) is 11.3 Å². The molecule has 0 saturated carbocycles. The quantitative estimate of drug-likeness (QED) is 0.677. The number of fused-ring (bicyclic) bond motifs is 1. The highest BCUT2D eigenvalue weighted by atomic mass is 16.7. The first kappa shape index (κ1) is 9.28. The Bertz CT molecular complexity index is 367. The fourth-order valence-electron chi connectivity index (χ4n) is 1.56. The summed E-state index contributed by atoms with van der Waals surface area (Å²) >= 11 is 0. The fourth-order valence-corrected chi connectivity index (χ4v) is 1.56. The van der Waals surface area contributed by atoms with Crippen molar-refractivity contribution in [3.05, 3.63) is 35.9 Å². The summed E-state index contributed by atoms with van der Waals surface area (Å²) in [6.07, 6.45) is 1.82. The van der Waals surface area contributed by atoms with Crippen LogP contribution in [0.15, 0.2) is 24.8 Å². The zero-order valence-electron chi connectivity index (χ0n) is 8.54. The van der Waals surface area contributed by atoms with Gasteiger partial charge in [0, 0.05) is 19.4 Å². The summed E-state index contributed by atoms with van der Waals surface area (Å²) in [6.45, 7) is 8.18. The van der Waals surface area contributed by atoms with Crippen molar-refractivity contribution < 1.29 is 9.47 Å². The molecule has 0 unspecified atom stereocenters. The van der Waals surface area contributed by atoms with Crippen molar-refractivity contribution in [1.29, 1.82) is 0 Å². The molecule has 0 radical (unpaired) electrons. The molecule has 0 saturated heterocycles. The summed E-state index contributed by atoms with van der Waals surface area (Å²) in [6, 6.07) is 5.95. The van der Waals surface area contributed by atoms with Gasteiger partial charge in [0.05, 0.1) is 6.61 Å². The predicted octanol–water partition coefficient (Wildman–Crippen LogP) is 2.97. The van der Waals surface area contributed by atoms with Gasteiger partial charge in [-0.05, 0) is 11.6 Å². The summed E-state index contributed by atoms with van der Waals surface area (Å²) in [5.41, 5.74) is 2.17. The Labute approximate surface area is 84.2 Å². The molecule has 0 aromatic heterocycles. The van der Waals surface area contributed by atoms with Crippen LogP contribution in [0.25, 0.3) is 6.08 Å². The molecule has 0 aliphatic carbocycles. The lowest BCUT2D eigenvalue weighted by Crippen LogP contribution is -2.35. The molecule has 1 aromatic carbocycles. The van der Waals surface area contributed by atoms with Crippen LogP contribution >= 0.6 is 0 Å². The molecule has 2 nitrogen and oxygen atoms in total. The van der Waals surface area contributed by atoms with Gasteiger partial charge >= 0.3 is 0 Å². The molecule has 0 bridgehead atoms. The average Bonchev–Trinajstić information content (AvgIpc) is 2.15. The minimum atomic E-state index is -0.521. The molecule has 1 heterocycles. The minimum absolute atomic E-state index is 0.521. The molecule has 14 heavy (non-hydrogen) atoms. The summed E-state index contributed by atoms with van der Waals surface area (Å²) in [5, 5.41) is 0. The zero-order chi connectivity index (χ0) is 10.2. The predicted molar refractivity (Wildman–Crippen MR) is 56.0 cm³/mol. The second kappa shape index (κ2) is 3.14. The van der Waals surface area contributed by atoms with Crippen molar-refractivity contribution in [1.82, 2.24) is 0 Å². The van der Waals surface area contributed by atoms with Gasteiger partial charge in [0.25, 0.3) is 0 Å². The molecule has 0 atom stereocenters. The molecular formula is C12H14O2. The van der Waals surface area contributed by atoms with Crippen molar-refractivity contribution in [3.63, 3.8) is 0 Å². The van der Waals surface area contributed by atoms with E-state index in [0.29, 0.717) is 6.61 Å². The second-order valence-electron chi connectivity index (χ2n) is 3.82. The molecule has 74 valence electrons. The summed E-state index contributed by atoms with van der Waals surface area (Å²) in [4.78, 5) is 0. The van der Waals surface area contributed by atoms with Crippen LogP contribution in [0, 0.1) is 0 Å². The van der Waals surface area contributed by atoms with Gasteiger partial charge in [0.1, 0.15) is 5.75 Å². The SMILES string of the molecule is C=Cc1cccc2c1COC(C)(C)O2. The van der Waals surface area contributed by atoms with E-state index in [1.54, 1.807) is 0 Å². The van der Waals surface area contributed by atoms with E-state index in [4.69, 9.17) is 9.47 Å². The van der Waals surface area contributed by atoms with E-state index < -0.39 is 5.79 Å². The highest BCUT2D eigenvalue weighted by molar-refractivity contribution is 5.56. The highest BCUT2D eigenvalue weighted by Crippen LogP contribution is 2.33. The molecule has 0 N–H and O–H groups in total. The molecule has 0 spiro atoms. The van der Waals surface area contributed by atoms with Gasteiger partial charge in [0.2, 0.25) is 5.79 Å². The Hall–Kier alpha value is -1.28. The molecule has 0 amide bonds. The molecule has 2 heteroatoms. The standard InChI is InChI=1S/C12H14O2/c1-4-9-6-5-7-11-10(9)8-13-12(2,3)14-11/h4-7H,1,8H2,2-3H3. The normalized spacial score (nSPS) is 18.1. The number of rotatable bonds is 1. The largest absolute Gasteiger partial charge is 0.463 e. The third kappa shape index (κ3) is 1.53. The first-order valence-electron chi connectivity index (χ1n) is 4.70. The van der Waals surface area contributed by atoms with Crippen molar-refractivity contribution in [2.45, 2.75) is 26.2 Å². The van der Waals surface area contributed by atoms with Crippen LogP contribution in [0.1, 0.15) is 25.0 Å². The Morgan fingerprint density at radius 1 is 1.43 bits per heavy atom. The van der Waals surface area contributed by atoms with E-state index in [2.05, 4.69) is 6.58 Å². The van der Waals surface area contributed by atoms with E-state index in [0.717, 1.165) is 16.9 Å². The number of ether oxygens (including phenoxy) is 2. The van der Waals surface area contributed by atoms with Crippen molar-refractivity contribution in [3.8, 4) is 5.75 Å². The molecule has 2 rings (SSSR count). The fraction of sp³-hybridized carbons (Fsp3) is 0.333. The van der Waals surface area contributed by atoms with E-state index in [9.17, 15) is 0 Å². The average molecular weight is 190 g/mol. The van der Waals surface area contributed by atoms with Crippen LogP contribution in [0.2, 0.25) is 0 Å². The summed E-state index contributed by atoms with van der Waals surface area (Å²) in [7, 11) is 0. The van der Waals surface area contributed by atoms with E-state index in [1.165, 1.54) is 0 Å². The third-order valence-electron chi connectivity index (χ3n) is 2.31. The lowest BCUT2D eigenvalue weighted by atomic mass is 10.1. The van der Waals surface area contributed by atoms with Gasteiger partial charge in [0.15, 0.2) is 0 Å². The Kier molecular flexibility index (Phi) is 2.08. The molecule has 1 aliphatic rings. The van der Waals surface area contributed by atoms with E-state index in [-0.39, 0.29) is 0 Å². The van der Waals surface area contributed by atoms with Crippen LogP contribution in [-0.4, -0.2) is 5.79 Å². The van der Waals surface area contributed by atoms with Crippen LogP contribution in [0.5, 0.6) is 5.75 Å². The minimum Gasteiger partial charge on any atom is -0.463 e. The van der Waals surface area contributed by atoms with Crippen LogP contribution in [0.3, 0.4) is 0 Å². The topological polar surface area (TPSA) is 18.5 Å². The smallest absolute Gasteiger partial charge is 0.205 e. The first-order valence-corrected chi connectivity index (χ1v) is 4.70. The first-order chi connectivity index (χ1) is 6.62. The third-order valence-corrected chi connectivity index (χ3v) is 2.31. The number of benzene rings is 1. The maximum Gasteiger partial charge on any atom is 0.205 e. The maximum atomic E-state index is 5.69. The van der Waals surface area contributed by atoms with Gasteiger partial charge in [-0.15, -0.1) is 0 Å². The van der Waals surface area contributed by atoms with Crippen LogP contribution in [0.4, 0.5) is 0 Å². The van der Waals surface area contributed by atoms with Crippen molar-refractivity contribution in [2.75, 3.05) is 0 Å². The lowest BCUT2D eigenvalue weighted by Gasteiger charge is -2.33. The van der Waals surface area contributed by atoms with Crippen molar-refractivity contribution >= 4 is 6.08 Å². The second-order valence-corrected chi connectivity index (χ2v) is 3.82. The zero-order valence-corrected chi connectivity index (χ0v) is 8.54. The summed E-state index contributed by atoms with van der Waals surface area (Å²) < 4.78 is 11.3. The van der Waals surface area contributed by atoms with Crippen molar-refractivity contribution in [2.24, 2.45) is 0 Å². The molecular weight excluding hydrogens is 176 g/mol. The van der Waals surface area contributed by atoms with Gasteiger partial charge in [-0.1, -0.05) is 24.8 Å². The van der Waals surface area contributed by atoms with Gasteiger partial charge in [-0.3, -0.25) is 0 Å². The number of hydrogen-bond acceptors (Lipinski definition) is 2. The Morgan fingerprint density at radius 3 is 2.93 bits per heavy atom. The monoisotopic (exact) mass is 190 g/mol. The van der Waals surface area contributed by atoms with Gasteiger partial charge in [-0.25, -0.2) is 0 Å². The Balaban J connectivity index is 2.45. The van der Waals surface area contributed by atoms with E-state index in [1.807, 2.05) is 38.1 Å². The van der Waals surface area contributed by atoms with Gasteiger partial charge in [-0.2, -0.15) is 0 Å². The maximum absolute atomic E-state index is 5.69. The highest BCUT2D eigenvalue weighted by Gasteiger charge is 2.27. The summed E-state index contributed by atoms with van der Waals surface area (Å²) in [5.74, 6) is 0.380. The molecule has 1 aromatic rings. The lowest BCUT2D eigenvalue weighted by molar-refractivity contribution is -0.180. The molecule has 0 fully saturated rings. The molecule has 1 aliphatic heterocycles. The van der Waals surface area contributed by atoms with Crippen LogP contribution < -0.4 is 4.74 Å². The van der Waals surface area contributed by atoms with Gasteiger partial charge < -0.3 is 9.47 Å².